The van der Waals surface area contributed by atoms with Crippen LogP contribution in [0.3, 0.4) is 0 Å². The normalized spacial score (nSPS) is 10.6. The van der Waals surface area contributed by atoms with Crippen LogP contribution in [0.4, 0.5) is 11.6 Å². The monoisotopic (exact) mass is 384 g/mol. The van der Waals surface area contributed by atoms with Crippen molar-refractivity contribution in [2.24, 2.45) is 0 Å². The molecule has 0 aliphatic rings. The Kier molecular flexibility index (Phi) is 6.15. The summed E-state index contributed by atoms with van der Waals surface area (Å²) in [4.78, 5) is 33.0. The van der Waals surface area contributed by atoms with E-state index >= 15 is 0 Å². The molecule has 2 rings (SSSR count). The first-order chi connectivity index (χ1) is 11.8. The first kappa shape index (κ1) is 18.5. The summed E-state index contributed by atoms with van der Waals surface area (Å²) >= 11 is 11.7. The van der Waals surface area contributed by atoms with Gasteiger partial charge in [-0.25, -0.2) is 4.79 Å². The van der Waals surface area contributed by atoms with Crippen molar-refractivity contribution in [3.8, 4) is 0 Å². The summed E-state index contributed by atoms with van der Waals surface area (Å²) in [5.41, 5.74) is 0.286. The second-order valence-corrected chi connectivity index (χ2v) is 5.39. The molecule has 0 saturated carbocycles. The Hall–Kier alpha value is -2.84. The zero-order chi connectivity index (χ0) is 18.4. The average molecular weight is 385 g/mol. The lowest BCUT2D eigenvalue weighted by Crippen LogP contribution is -2.20. The van der Waals surface area contributed by atoms with E-state index in [2.05, 4.69) is 5.32 Å². The minimum Gasteiger partial charge on any atom is -0.452 e. The highest BCUT2D eigenvalue weighted by molar-refractivity contribution is 6.35. The molecule has 8 nitrogen and oxygen atoms in total. The Balaban J connectivity index is 1.84. The number of hydrogen-bond donors (Lipinski definition) is 1. The number of carbonyl (C=O) groups excluding carboxylic acids is 2. The molecule has 2 aromatic rings. The van der Waals surface area contributed by atoms with Gasteiger partial charge in [0.2, 0.25) is 0 Å². The van der Waals surface area contributed by atoms with Crippen LogP contribution in [-0.4, -0.2) is 23.4 Å². The van der Waals surface area contributed by atoms with Crippen molar-refractivity contribution >= 4 is 52.7 Å². The molecule has 0 atom stereocenters. The zero-order valence-corrected chi connectivity index (χ0v) is 13.9. The van der Waals surface area contributed by atoms with Crippen molar-refractivity contribution in [3.05, 3.63) is 62.3 Å². The van der Waals surface area contributed by atoms with Gasteiger partial charge in [0.05, 0.1) is 16.8 Å². The second-order valence-electron chi connectivity index (χ2n) is 4.55. The lowest BCUT2D eigenvalue weighted by Gasteiger charge is -2.07. The van der Waals surface area contributed by atoms with Gasteiger partial charge >= 0.3 is 11.9 Å². The zero-order valence-electron chi connectivity index (χ0n) is 12.4. The molecule has 0 saturated heterocycles. The van der Waals surface area contributed by atoms with Crippen LogP contribution >= 0.6 is 23.2 Å². The Morgan fingerprint density at radius 1 is 1.28 bits per heavy atom. The topological polar surface area (TPSA) is 112 Å². The van der Waals surface area contributed by atoms with Crippen molar-refractivity contribution < 1.29 is 23.7 Å². The Morgan fingerprint density at radius 2 is 2.04 bits per heavy atom. The molecule has 10 heteroatoms. The fourth-order valence-electron chi connectivity index (χ4n) is 1.64. The van der Waals surface area contributed by atoms with Gasteiger partial charge in [-0.15, -0.1) is 0 Å². The van der Waals surface area contributed by atoms with E-state index in [4.69, 9.17) is 32.4 Å². The number of esters is 1. The molecule has 1 aromatic carbocycles. The summed E-state index contributed by atoms with van der Waals surface area (Å²) in [7, 11) is 0. The highest BCUT2D eigenvalue weighted by atomic mass is 35.5. The van der Waals surface area contributed by atoms with Crippen molar-refractivity contribution in [1.29, 1.82) is 0 Å². The molecule has 0 bridgehead atoms. The smallest absolute Gasteiger partial charge is 0.433 e. The number of nitro groups is 1. The predicted octanol–water partition coefficient (Wildman–Crippen LogP) is 3.69. The number of rotatable bonds is 6. The molecule has 0 radical (unpaired) electrons. The molecule has 0 unspecified atom stereocenters. The summed E-state index contributed by atoms with van der Waals surface area (Å²) in [6.45, 7) is -0.551. The number of ether oxygens (including phenoxy) is 1. The number of nitrogens with one attached hydrogen (secondary N) is 1. The largest absolute Gasteiger partial charge is 0.452 e. The van der Waals surface area contributed by atoms with Crippen LogP contribution in [0.2, 0.25) is 10.0 Å². The molecule has 0 aliphatic heterocycles. The highest BCUT2D eigenvalue weighted by Gasteiger charge is 2.11. The Labute approximate surface area is 151 Å². The lowest BCUT2D eigenvalue weighted by atomic mass is 10.3. The van der Waals surface area contributed by atoms with Gasteiger partial charge in [0.15, 0.2) is 6.61 Å². The third-order valence-electron chi connectivity index (χ3n) is 2.72. The van der Waals surface area contributed by atoms with E-state index in [9.17, 15) is 19.7 Å². The number of anilines is 1. The first-order valence-electron chi connectivity index (χ1n) is 6.69. The number of carbonyl (C=O) groups is 2. The van der Waals surface area contributed by atoms with Gasteiger partial charge in [0.25, 0.3) is 5.91 Å². The van der Waals surface area contributed by atoms with Crippen LogP contribution in [0.25, 0.3) is 6.08 Å². The van der Waals surface area contributed by atoms with Gasteiger partial charge in [-0.2, -0.15) is 0 Å². The second kappa shape index (κ2) is 8.32. The van der Waals surface area contributed by atoms with Gasteiger partial charge in [-0.05, 0) is 30.3 Å². The third kappa shape index (κ3) is 5.63. The third-order valence-corrected chi connectivity index (χ3v) is 3.29. The summed E-state index contributed by atoms with van der Waals surface area (Å²) in [6, 6.07) is 6.98. The first-order valence-corrected chi connectivity index (χ1v) is 7.44. The molecule has 1 N–H and O–H groups in total. The fraction of sp³-hybridized carbons (Fsp3) is 0.0667. The van der Waals surface area contributed by atoms with Gasteiger partial charge in [-0.1, -0.05) is 23.2 Å². The lowest BCUT2D eigenvalue weighted by molar-refractivity contribution is -0.402. The molecule has 25 heavy (non-hydrogen) atoms. The average Bonchev–Trinajstić information content (AvgIpc) is 3.04. The van der Waals surface area contributed by atoms with E-state index in [1.807, 2.05) is 0 Å². The number of halogens is 2. The summed E-state index contributed by atoms with van der Waals surface area (Å²) < 4.78 is 9.56. The number of amides is 1. The van der Waals surface area contributed by atoms with E-state index < -0.39 is 29.3 Å². The van der Waals surface area contributed by atoms with E-state index in [0.717, 1.165) is 12.1 Å². The molecule has 1 amide bonds. The van der Waals surface area contributed by atoms with Crippen molar-refractivity contribution in [3.63, 3.8) is 0 Å². The van der Waals surface area contributed by atoms with Crippen LogP contribution in [0.5, 0.6) is 0 Å². The van der Waals surface area contributed by atoms with E-state index in [1.165, 1.54) is 24.3 Å². The Bertz CT molecular complexity index is 846. The van der Waals surface area contributed by atoms with E-state index in [1.54, 1.807) is 6.07 Å². The maximum Gasteiger partial charge on any atom is 0.433 e. The molecule has 0 aliphatic carbocycles. The number of benzene rings is 1. The standard InChI is InChI=1S/C15H10Cl2N2O6/c16-9-1-4-11(17)12(7-9)18-13(20)8-24-15(21)6-3-10-2-5-14(25-10)19(22)23/h1-7H,8H2,(H,18,20)/b6-3+. The van der Waals surface area contributed by atoms with Gasteiger partial charge < -0.3 is 14.5 Å². The van der Waals surface area contributed by atoms with Gasteiger partial charge in [-0.3, -0.25) is 14.9 Å². The maximum atomic E-state index is 11.7. The van der Waals surface area contributed by atoms with Crippen molar-refractivity contribution in [2.75, 3.05) is 11.9 Å². The van der Waals surface area contributed by atoms with Crippen molar-refractivity contribution in [1.82, 2.24) is 0 Å². The van der Waals surface area contributed by atoms with Crippen molar-refractivity contribution in [2.45, 2.75) is 0 Å². The van der Waals surface area contributed by atoms with Gasteiger partial charge in [0, 0.05) is 11.1 Å². The number of furan rings is 1. The molecule has 0 fully saturated rings. The quantitative estimate of drug-likeness (QED) is 0.351. The van der Waals surface area contributed by atoms with Crippen LogP contribution in [0.15, 0.2) is 40.8 Å². The highest BCUT2D eigenvalue weighted by Crippen LogP contribution is 2.25. The predicted molar refractivity (Wildman–Crippen MR) is 90.4 cm³/mol. The van der Waals surface area contributed by atoms with Gasteiger partial charge in [0.1, 0.15) is 10.7 Å². The molecule has 1 aromatic heterocycles. The number of nitrogens with zero attached hydrogens (tertiary/aromatic N) is 1. The minimum absolute atomic E-state index is 0.0961. The summed E-state index contributed by atoms with van der Waals surface area (Å²) in [5, 5.41) is 13.6. The van der Waals surface area contributed by atoms with Crippen LogP contribution in [0, 0.1) is 10.1 Å². The number of hydrogen-bond acceptors (Lipinski definition) is 6. The summed E-state index contributed by atoms with van der Waals surface area (Å²) in [6.07, 6.45) is 2.16. The molecule has 1 heterocycles. The maximum absolute atomic E-state index is 11.7. The van der Waals surface area contributed by atoms with Crippen LogP contribution < -0.4 is 5.32 Å². The summed E-state index contributed by atoms with van der Waals surface area (Å²) in [5.74, 6) is -1.80. The Morgan fingerprint density at radius 3 is 2.72 bits per heavy atom. The van der Waals surface area contributed by atoms with Crippen LogP contribution in [-0.2, 0) is 14.3 Å². The van der Waals surface area contributed by atoms with E-state index in [0.29, 0.717) is 5.02 Å². The molecule has 0 spiro atoms. The molecule has 130 valence electrons. The fourth-order valence-corrected chi connectivity index (χ4v) is 1.98. The minimum atomic E-state index is -0.827. The molecular weight excluding hydrogens is 375 g/mol. The SMILES string of the molecule is O=C(COC(=O)/C=C/c1ccc([N+](=O)[O-])o1)Nc1cc(Cl)ccc1Cl. The van der Waals surface area contributed by atoms with Crippen LogP contribution in [0.1, 0.15) is 5.76 Å². The molecular formula is C15H10Cl2N2O6. The van der Waals surface area contributed by atoms with E-state index in [-0.39, 0.29) is 16.5 Å².